The second kappa shape index (κ2) is 6.38. The van der Waals surface area contributed by atoms with Crippen LogP contribution in [0, 0.1) is 17.6 Å². The van der Waals surface area contributed by atoms with Gasteiger partial charge in [-0.1, -0.05) is 13.0 Å². The van der Waals surface area contributed by atoms with Gasteiger partial charge in [-0.2, -0.15) is 0 Å². The predicted octanol–water partition coefficient (Wildman–Crippen LogP) is 2.93. The molecule has 7 heteroatoms. The number of para-hydroxylation sites is 1. The Morgan fingerprint density at radius 3 is 2.36 bits per heavy atom. The molecule has 1 heterocycles. The van der Waals surface area contributed by atoms with Gasteiger partial charge < -0.3 is 9.52 Å². The molecule has 0 saturated carbocycles. The molecule has 1 aromatic carbocycles. The van der Waals surface area contributed by atoms with Crippen molar-refractivity contribution in [3.63, 3.8) is 0 Å². The molecule has 1 amide bonds. The lowest BCUT2D eigenvalue weighted by atomic mass is 10.1. The Labute approximate surface area is 124 Å². The number of carbonyl (C=O) groups excluding carboxylic acids is 1. The molecule has 2 rings (SSSR count). The van der Waals surface area contributed by atoms with E-state index in [0.29, 0.717) is 0 Å². The van der Waals surface area contributed by atoms with Crippen LogP contribution in [0.2, 0.25) is 0 Å². The van der Waals surface area contributed by atoms with Gasteiger partial charge in [-0.05, 0) is 24.3 Å². The summed E-state index contributed by atoms with van der Waals surface area (Å²) in [7, 11) is 0. The van der Waals surface area contributed by atoms with Gasteiger partial charge in [0, 0.05) is 6.54 Å². The number of benzene rings is 1. The number of rotatable bonds is 5. The van der Waals surface area contributed by atoms with Crippen molar-refractivity contribution >= 4 is 17.6 Å². The summed E-state index contributed by atoms with van der Waals surface area (Å²) in [5.74, 6) is -5.08. The molecule has 22 heavy (non-hydrogen) atoms. The van der Waals surface area contributed by atoms with E-state index < -0.39 is 41.7 Å². The first-order chi connectivity index (χ1) is 10.4. The quantitative estimate of drug-likeness (QED) is 0.922. The van der Waals surface area contributed by atoms with Gasteiger partial charge in [0.2, 0.25) is 0 Å². The molecular weight excluding hydrogens is 296 g/mol. The number of carboxylic acid groups (broad SMARTS) is 1. The van der Waals surface area contributed by atoms with Crippen LogP contribution >= 0.6 is 0 Å². The van der Waals surface area contributed by atoms with Crippen molar-refractivity contribution in [2.75, 3.05) is 11.4 Å². The molecule has 116 valence electrons. The first-order valence-corrected chi connectivity index (χ1v) is 6.44. The molecule has 0 spiro atoms. The van der Waals surface area contributed by atoms with E-state index in [1.807, 2.05) is 0 Å². The number of anilines is 1. The zero-order valence-electron chi connectivity index (χ0n) is 11.6. The number of halogens is 2. The molecule has 1 unspecified atom stereocenters. The second-order valence-corrected chi connectivity index (χ2v) is 4.70. The van der Waals surface area contributed by atoms with Crippen LogP contribution in [0.15, 0.2) is 41.0 Å². The van der Waals surface area contributed by atoms with Crippen LogP contribution in [0.25, 0.3) is 0 Å². The zero-order valence-corrected chi connectivity index (χ0v) is 11.6. The maximum atomic E-state index is 13.9. The number of amides is 1. The molecule has 0 bridgehead atoms. The Morgan fingerprint density at radius 2 is 1.86 bits per heavy atom. The molecule has 0 radical (unpaired) electrons. The maximum absolute atomic E-state index is 13.9. The fourth-order valence-corrected chi connectivity index (χ4v) is 1.91. The van der Waals surface area contributed by atoms with Crippen molar-refractivity contribution in [2.45, 2.75) is 6.92 Å². The lowest BCUT2D eigenvalue weighted by molar-refractivity contribution is -0.140. The van der Waals surface area contributed by atoms with E-state index in [9.17, 15) is 18.4 Å². The van der Waals surface area contributed by atoms with Crippen LogP contribution in [-0.4, -0.2) is 23.5 Å². The fourth-order valence-electron chi connectivity index (χ4n) is 1.91. The molecule has 2 aromatic rings. The van der Waals surface area contributed by atoms with Crippen molar-refractivity contribution in [3.05, 3.63) is 54.0 Å². The van der Waals surface area contributed by atoms with Crippen LogP contribution in [-0.2, 0) is 4.79 Å². The summed E-state index contributed by atoms with van der Waals surface area (Å²) in [6.45, 7) is 0.941. The molecule has 0 aliphatic carbocycles. The van der Waals surface area contributed by atoms with E-state index in [-0.39, 0.29) is 5.76 Å². The van der Waals surface area contributed by atoms with Gasteiger partial charge in [-0.15, -0.1) is 0 Å². The highest BCUT2D eigenvalue weighted by Crippen LogP contribution is 2.26. The maximum Gasteiger partial charge on any atom is 0.308 e. The average molecular weight is 309 g/mol. The highest BCUT2D eigenvalue weighted by Gasteiger charge is 2.28. The van der Waals surface area contributed by atoms with Crippen molar-refractivity contribution in [1.82, 2.24) is 0 Å². The molecule has 0 aliphatic heterocycles. The third kappa shape index (κ3) is 3.13. The van der Waals surface area contributed by atoms with Crippen molar-refractivity contribution in [3.8, 4) is 0 Å². The van der Waals surface area contributed by atoms with E-state index >= 15 is 0 Å². The minimum atomic E-state index is -1.19. The van der Waals surface area contributed by atoms with Crippen LogP contribution < -0.4 is 4.90 Å². The third-order valence-electron chi connectivity index (χ3n) is 3.06. The molecule has 0 saturated heterocycles. The topological polar surface area (TPSA) is 70.8 Å². The fraction of sp³-hybridized carbons (Fsp3) is 0.200. The molecule has 1 N–H and O–H groups in total. The van der Waals surface area contributed by atoms with Gasteiger partial charge in [-0.25, -0.2) is 8.78 Å². The van der Waals surface area contributed by atoms with Crippen molar-refractivity contribution in [2.24, 2.45) is 5.92 Å². The Hall–Kier alpha value is -2.70. The first-order valence-electron chi connectivity index (χ1n) is 6.44. The zero-order chi connectivity index (χ0) is 16.3. The summed E-state index contributed by atoms with van der Waals surface area (Å²) in [5.41, 5.74) is -0.600. The van der Waals surface area contributed by atoms with E-state index in [0.717, 1.165) is 23.1 Å². The van der Waals surface area contributed by atoms with Gasteiger partial charge in [0.15, 0.2) is 5.76 Å². The third-order valence-corrected chi connectivity index (χ3v) is 3.06. The molecular formula is C15H13F2NO4. The van der Waals surface area contributed by atoms with Gasteiger partial charge >= 0.3 is 5.97 Å². The summed E-state index contributed by atoms with van der Waals surface area (Å²) >= 11 is 0. The Morgan fingerprint density at radius 1 is 1.23 bits per heavy atom. The highest BCUT2D eigenvalue weighted by atomic mass is 19.1. The van der Waals surface area contributed by atoms with Gasteiger partial charge in [0.05, 0.1) is 12.2 Å². The van der Waals surface area contributed by atoms with Crippen molar-refractivity contribution in [1.29, 1.82) is 0 Å². The van der Waals surface area contributed by atoms with E-state index in [2.05, 4.69) is 0 Å². The summed E-state index contributed by atoms with van der Waals surface area (Å²) < 4.78 is 32.8. The summed E-state index contributed by atoms with van der Waals surface area (Å²) in [6, 6.07) is 5.92. The Bertz CT molecular complexity index is 665. The summed E-state index contributed by atoms with van der Waals surface area (Å²) in [4.78, 5) is 24.1. The standard InChI is InChI=1S/C15H13F2NO4/c1-9(15(20)21)8-18(14(19)12-6-3-7-22-12)13-10(16)4-2-5-11(13)17/h2-7,9H,8H2,1H3,(H,20,21). The monoisotopic (exact) mass is 309 g/mol. The minimum absolute atomic E-state index is 0.139. The number of hydrogen-bond acceptors (Lipinski definition) is 3. The number of carboxylic acids is 1. The molecule has 0 fully saturated rings. The average Bonchev–Trinajstić information content (AvgIpc) is 2.99. The van der Waals surface area contributed by atoms with E-state index in [1.165, 1.54) is 25.3 Å². The lowest BCUT2D eigenvalue weighted by Crippen LogP contribution is -2.38. The normalized spacial score (nSPS) is 12.0. The Balaban J connectivity index is 2.46. The number of carbonyl (C=O) groups is 2. The summed E-state index contributed by atoms with van der Waals surface area (Å²) in [6.07, 6.45) is 1.24. The van der Waals surface area contributed by atoms with Gasteiger partial charge in [0.25, 0.3) is 5.91 Å². The predicted molar refractivity (Wildman–Crippen MR) is 73.5 cm³/mol. The molecule has 5 nitrogen and oxygen atoms in total. The highest BCUT2D eigenvalue weighted by molar-refractivity contribution is 6.04. The molecule has 1 atom stereocenters. The largest absolute Gasteiger partial charge is 0.481 e. The number of furan rings is 1. The summed E-state index contributed by atoms with van der Waals surface area (Å²) in [5, 5.41) is 8.98. The number of aliphatic carboxylic acids is 1. The smallest absolute Gasteiger partial charge is 0.308 e. The number of hydrogen-bond donors (Lipinski definition) is 1. The van der Waals surface area contributed by atoms with Crippen LogP contribution in [0.5, 0.6) is 0 Å². The van der Waals surface area contributed by atoms with E-state index in [1.54, 1.807) is 0 Å². The molecule has 0 aliphatic rings. The minimum Gasteiger partial charge on any atom is -0.481 e. The SMILES string of the molecule is CC(CN(C(=O)c1ccco1)c1c(F)cccc1F)C(=O)O. The van der Waals surface area contributed by atoms with Crippen molar-refractivity contribution < 1.29 is 27.9 Å². The number of nitrogens with zero attached hydrogens (tertiary/aromatic N) is 1. The lowest BCUT2D eigenvalue weighted by Gasteiger charge is -2.24. The van der Waals surface area contributed by atoms with Crippen LogP contribution in [0.3, 0.4) is 0 Å². The van der Waals surface area contributed by atoms with Gasteiger partial charge in [0.1, 0.15) is 17.3 Å². The van der Waals surface area contributed by atoms with Crippen LogP contribution in [0.1, 0.15) is 17.5 Å². The Kier molecular flexibility index (Phi) is 4.55. The van der Waals surface area contributed by atoms with E-state index in [4.69, 9.17) is 9.52 Å². The van der Waals surface area contributed by atoms with Gasteiger partial charge in [-0.3, -0.25) is 14.5 Å². The van der Waals surface area contributed by atoms with Crippen LogP contribution in [0.4, 0.5) is 14.5 Å². The molecule has 1 aromatic heterocycles. The second-order valence-electron chi connectivity index (χ2n) is 4.70. The first kappa shape index (κ1) is 15.7.